The lowest BCUT2D eigenvalue weighted by Crippen LogP contribution is -2.32. The lowest BCUT2D eigenvalue weighted by molar-refractivity contribution is -0.168. The monoisotopic (exact) mass is 490 g/mol. The van der Waals surface area contributed by atoms with Gasteiger partial charge < -0.3 is 18.9 Å². The third-order valence-corrected chi connectivity index (χ3v) is 5.07. The quantitative estimate of drug-likeness (QED) is 0.279. The van der Waals surface area contributed by atoms with Crippen LogP contribution in [0.15, 0.2) is 72.8 Å². The average Bonchev–Trinajstić information content (AvgIpc) is 2.82. The number of carbonyl (C=O) groups is 1. The van der Waals surface area contributed by atoms with Gasteiger partial charge >= 0.3 is 11.9 Å². The van der Waals surface area contributed by atoms with Crippen LogP contribution in [0.25, 0.3) is 0 Å². The molecular formula is C26H25ClF2O5. The highest BCUT2D eigenvalue weighted by molar-refractivity contribution is 6.30. The Kier molecular flexibility index (Phi) is 8.71. The molecule has 0 heterocycles. The van der Waals surface area contributed by atoms with Crippen molar-refractivity contribution < 1.29 is 32.5 Å². The van der Waals surface area contributed by atoms with Crippen LogP contribution >= 0.6 is 11.6 Å². The van der Waals surface area contributed by atoms with Gasteiger partial charge in [0.25, 0.3) is 0 Å². The van der Waals surface area contributed by atoms with E-state index in [1.54, 1.807) is 30.3 Å². The number of rotatable bonds is 11. The fourth-order valence-electron chi connectivity index (χ4n) is 3.07. The van der Waals surface area contributed by atoms with Crippen molar-refractivity contribution in [1.29, 1.82) is 0 Å². The van der Waals surface area contributed by atoms with E-state index in [4.69, 9.17) is 25.8 Å². The number of halogens is 3. The Morgan fingerprint density at radius 3 is 2.35 bits per heavy atom. The summed E-state index contributed by atoms with van der Waals surface area (Å²) in [6, 6.07) is 20.6. The highest BCUT2D eigenvalue weighted by Gasteiger charge is 2.40. The van der Waals surface area contributed by atoms with Crippen molar-refractivity contribution in [3.8, 4) is 23.0 Å². The van der Waals surface area contributed by atoms with Gasteiger partial charge in [0.05, 0.1) is 19.8 Å². The highest BCUT2D eigenvalue weighted by Crippen LogP contribution is 2.35. The Balaban J connectivity index is 1.51. The van der Waals surface area contributed by atoms with E-state index in [2.05, 4.69) is 4.74 Å². The number of carbonyl (C=O) groups excluding carboxylic acids is 1. The summed E-state index contributed by atoms with van der Waals surface area (Å²) in [6.07, 6.45) is -0.369. The topological polar surface area (TPSA) is 54.0 Å². The molecule has 0 N–H and O–H groups in total. The molecule has 180 valence electrons. The molecule has 8 heteroatoms. The van der Waals surface area contributed by atoms with Crippen molar-refractivity contribution in [3.05, 3.63) is 83.4 Å². The minimum Gasteiger partial charge on any atom is -0.493 e. The lowest BCUT2D eigenvalue weighted by atomic mass is 10.1. The maximum absolute atomic E-state index is 13.7. The van der Waals surface area contributed by atoms with Crippen molar-refractivity contribution in [3.63, 3.8) is 0 Å². The van der Waals surface area contributed by atoms with Gasteiger partial charge in [-0.3, -0.25) is 0 Å². The molecule has 3 rings (SSSR count). The van der Waals surface area contributed by atoms with Crippen molar-refractivity contribution in [2.75, 3.05) is 13.7 Å². The van der Waals surface area contributed by atoms with E-state index in [1.807, 2.05) is 37.3 Å². The Labute approximate surface area is 202 Å². The van der Waals surface area contributed by atoms with E-state index >= 15 is 0 Å². The van der Waals surface area contributed by atoms with E-state index in [1.165, 1.54) is 12.1 Å². The van der Waals surface area contributed by atoms with Gasteiger partial charge in [0.15, 0.2) is 11.5 Å². The van der Waals surface area contributed by atoms with E-state index in [0.29, 0.717) is 46.6 Å². The Morgan fingerprint density at radius 2 is 1.68 bits per heavy atom. The smallest absolute Gasteiger partial charge is 0.377 e. The maximum atomic E-state index is 13.7. The number of alkyl halides is 2. The molecule has 1 atom stereocenters. The molecule has 0 amide bonds. The molecule has 0 bridgehead atoms. The van der Waals surface area contributed by atoms with Crippen LogP contribution in [0, 0.1) is 0 Å². The van der Waals surface area contributed by atoms with Crippen LogP contribution in [0.4, 0.5) is 8.78 Å². The summed E-state index contributed by atoms with van der Waals surface area (Å²) in [7, 11) is 0.932. The summed E-state index contributed by atoms with van der Waals surface area (Å²) in [5.41, 5.74) is 0.299. The molecule has 0 unspecified atom stereocenters. The van der Waals surface area contributed by atoms with Gasteiger partial charge in [0, 0.05) is 23.9 Å². The summed E-state index contributed by atoms with van der Waals surface area (Å²) in [5, 5.41) is 0.530. The first-order valence-electron chi connectivity index (χ1n) is 10.6. The Morgan fingerprint density at radius 1 is 0.971 bits per heavy atom. The van der Waals surface area contributed by atoms with E-state index in [-0.39, 0.29) is 6.10 Å². The largest absolute Gasteiger partial charge is 0.493 e. The Hall–Kier alpha value is -3.32. The second kappa shape index (κ2) is 11.7. The van der Waals surface area contributed by atoms with Gasteiger partial charge in [-0.25, -0.2) is 4.79 Å². The van der Waals surface area contributed by atoms with Crippen LogP contribution in [-0.2, 0) is 16.0 Å². The van der Waals surface area contributed by atoms with Crippen molar-refractivity contribution in [2.45, 2.75) is 31.8 Å². The third-order valence-electron chi connectivity index (χ3n) is 4.83. The number of esters is 1. The second-order valence-electron chi connectivity index (χ2n) is 7.59. The van der Waals surface area contributed by atoms with Crippen molar-refractivity contribution in [1.82, 2.24) is 0 Å². The molecule has 34 heavy (non-hydrogen) atoms. The molecule has 0 aliphatic rings. The number of para-hydroxylation sites is 1. The van der Waals surface area contributed by atoms with Gasteiger partial charge in [0.2, 0.25) is 0 Å². The van der Waals surface area contributed by atoms with Crippen LogP contribution < -0.4 is 14.2 Å². The zero-order valence-electron chi connectivity index (χ0n) is 18.8. The number of hydrogen-bond donors (Lipinski definition) is 0. The Bertz CT molecular complexity index is 1070. The average molecular weight is 491 g/mol. The van der Waals surface area contributed by atoms with Crippen molar-refractivity contribution >= 4 is 17.6 Å². The number of methoxy groups -OCH3 is 1. The SMILES string of the molecule is COC(=O)C(F)(F)Cc1ccc(OCC[C@@H](C)Oc2ccc(Cl)cc2Oc2ccccc2)cc1. The molecule has 0 aromatic heterocycles. The van der Waals surface area contributed by atoms with Crippen LogP contribution in [0.5, 0.6) is 23.0 Å². The molecule has 0 aliphatic carbocycles. The molecule has 0 saturated carbocycles. The summed E-state index contributed by atoms with van der Waals surface area (Å²) in [4.78, 5) is 11.1. The maximum Gasteiger partial charge on any atom is 0.377 e. The van der Waals surface area contributed by atoms with Gasteiger partial charge in [-0.15, -0.1) is 0 Å². The van der Waals surface area contributed by atoms with Crippen molar-refractivity contribution in [2.24, 2.45) is 0 Å². The lowest BCUT2D eigenvalue weighted by Gasteiger charge is -2.18. The molecule has 0 radical (unpaired) electrons. The molecule has 0 spiro atoms. The highest BCUT2D eigenvalue weighted by atomic mass is 35.5. The normalized spacial score (nSPS) is 12.0. The molecule has 0 saturated heterocycles. The minimum absolute atomic E-state index is 0.197. The predicted molar refractivity (Wildman–Crippen MR) is 125 cm³/mol. The summed E-state index contributed by atoms with van der Waals surface area (Å²) in [5.74, 6) is -2.88. The van der Waals surface area contributed by atoms with Gasteiger partial charge in [-0.2, -0.15) is 8.78 Å². The van der Waals surface area contributed by atoms with E-state index in [9.17, 15) is 13.6 Å². The summed E-state index contributed by atoms with van der Waals surface area (Å²) < 4.78 is 49.2. The molecular weight excluding hydrogens is 466 g/mol. The number of ether oxygens (including phenoxy) is 4. The summed E-state index contributed by atoms with van der Waals surface area (Å²) in [6.45, 7) is 2.25. The standard InChI is InChI=1S/C26H25ClF2O5/c1-18(33-23-13-10-20(27)16-24(23)34-22-6-4-3-5-7-22)14-15-32-21-11-8-19(9-12-21)17-26(28,29)25(30)31-2/h3-13,16,18H,14-15,17H2,1-2H3/t18-/m1/s1. The fraction of sp³-hybridized carbons (Fsp3) is 0.269. The zero-order chi connectivity index (χ0) is 24.6. The second-order valence-corrected chi connectivity index (χ2v) is 8.02. The van der Waals surface area contributed by atoms with Crippen LogP contribution in [0.3, 0.4) is 0 Å². The zero-order valence-corrected chi connectivity index (χ0v) is 19.6. The minimum atomic E-state index is -3.57. The predicted octanol–water partition coefficient (Wildman–Crippen LogP) is 6.72. The number of benzene rings is 3. The molecule has 3 aromatic rings. The molecule has 5 nitrogen and oxygen atoms in total. The van der Waals surface area contributed by atoms with Crippen LogP contribution in [-0.4, -0.2) is 31.7 Å². The van der Waals surface area contributed by atoms with E-state index in [0.717, 1.165) is 7.11 Å². The molecule has 0 aliphatic heterocycles. The van der Waals surface area contributed by atoms with Gasteiger partial charge in [0.1, 0.15) is 11.5 Å². The first-order valence-corrected chi connectivity index (χ1v) is 11.0. The van der Waals surface area contributed by atoms with Gasteiger partial charge in [-0.1, -0.05) is 41.9 Å². The molecule has 3 aromatic carbocycles. The number of hydrogen-bond acceptors (Lipinski definition) is 5. The van der Waals surface area contributed by atoms with Crippen LogP contribution in [0.1, 0.15) is 18.9 Å². The van der Waals surface area contributed by atoms with Crippen LogP contribution in [0.2, 0.25) is 5.02 Å². The van der Waals surface area contributed by atoms with Gasteiger partial charge in [-0.05, 0) is 48.9 Å². The fourth-order valence-corrected chi connectivity index (χ4v) is 3.24. The first-order chi connectivity index (χ1) is 16.3. The third kappa shape index (κ3) is 7.35. The van der Waals surface area contributed by atoms with E-state index < -0.39 is 18.3 Å². The molecule has 0 fully saturated rings. The summed E-state index contributed by atoms with van der Waals surface area (Å²) >= 11 is 6.12. The first kappa shape index (κ1) is 25.3.